The van der Waals surface area contributed by atoms with Gasteiger partial charge in [0.2, 0.25) is 0 Å². The SMILES string of the molecule is CCOc1cc(/C=C2/SC(=Nc3ccc(C)cc3)N(Cc3ccccc3)C2=O)cc(Br)c1OCc1ccc(Br)cc1. The van der Waals surface area contributed by atoms with Crippen LogP contribution in [0.15, 0.2) is 110 Å². The Balaban J connectivity index is 1.45. The largest absolute Gasteiger partial charge is 0.490 e. The summed E-state index contributed by atoms with van der Waals surface area (Å²) in [5, 5.41) is 0.646. The van der Waals surface area contributed by atoms with Crippen LogP contribution in [0, 0.1) is 6.92 Å². The van der Waals surface area contributed by atoms with E-state index in [1.807, 2.05) is 111 Å². The fraction of sp³-hybridized carbons (Fsp3) is 0.152. The second-order valence-corrected chi connectivity index (χ2v) is 12.2. The van der Waals surface area contributed by atoms with Crippen LogP contribution in [0.2, 0.25) is 0 Å². The number of thioether (sulfide) groups is 1. The maximum absolute atomic E-state index is 13.7. The Hall–Kier alpha value is -3.33. The highest BCUT2D eigenvalue weighted by atomic mass is 79.9. The average Bonchev–Trinajstić information content (AvgIpc) is 3.24. The molecule has 0 bridgehead atoms. The normalized spacial score (nSPS) is 15.1. The number of aliphatic imine (C=N–C) groups is 1. The van der Waals surface area contributed by atoms with Crippen molar-refractivity contribution in [1.82, 2.24) is 4.90 Å². The number of halogens is 2. The zero-order chi connectivity index (χ0) is 28.8. The average molecular weight is 692 g/mol. The van der Waals surface area contributed by atoms with Crippen LogP contribution in [0.25, 0.3) is 6.08 Å². The van der Waals surface area contributed by atoms with Gasteiger partial charge in [-0.2, -0.15) is 0 Å². The molecule has 1 amide bonds. The molecular weight excluding hydrogens is 664 g/mol. The van der Waals surface area contributed by atoms with E-state index in [9.17, 15) is 4.79 Å². The van der Waals surface area contributed by atoms with E-state index in [4.69, 9.17) is 14.5 Å². The smallest absolute Gasteiger partial charge is 0.267 e. The molecule has 41 heavy (non-hydrogen) atoms. The molecule has 5 rings (SSSR count). The van der Waals surface area contributed by atoms with Crippen molar-refractivity contribution in [1.29, 1.82) is 0 Å². The van der Waals surface area contributed by atoms with E-state index >= 15 is 0 Å². The molecule has 8 heteroatoms. The number of aryl methyl sites for hydroxylation is 1. The van der Waals surface area contributed by atoms with Crippen molar-refractivity contribution in [3.63, 3.8) is 0 Å². The number of nitrogens with zero attached hydrogens (tertiary/aromatic N) is 2. The Morgan fingerprint density at radius 1 is 0.902 bits per heavy atom. The maximum atomic E-state index is 13.7. The zero-order valence-electron chi connectivity index (χ0n) is 22.6. The van der Waals surface area contributed by atoms with Crippen molar-refractivity contribution in [2.45, 2.75) is 27.0 Å². The standard InChI is InChI=1S/C33H28Br2N2O3S/c1-3-39-29-18-25(17-28(35)31(29)40-21-24-11-13-26(34)14-12-24)19-30-32(38)37(20-23-7-5-4-6-8-23)33(41-30)36-27-15-9-22(2)10-16-27/h4-19H,3,20-21H2,1-2H3/b30-19+,36-33?. The van der Waals surface area contributed by atoms with E-state index in [0.29, 0.717) is 41.3 Å². The molecule has 5 nitrogen and oxygen atoms in total. The molecule has 1 aliphatic rings. The van der Waals surface area contributed by atoms with Crippen molar-refractivity contribution in [2.24, 2.45) is 4.99 Å². The maximum Gasteiger partial charge on any atom is 0.267 e. The monoisotopic (exact) mass is 690 g/mol. The van der Waals surface area contributed by atoms with Gasteiger partial charge in [0.1, 0.15) is 6.61 Å². The Bertz CT molecular complexity index is 1590. The molecule has 0 aromatic heterocycles. The zero-order valence-corrected chi connectivity index (χ0v) is 26.6. The number of rotatable bonds is 9. The molecule has 0 aliphatic carbocycles. The predicted octanol–water partition coefficient (Wildman–Crippen LogP) is 9.30. The summed E-state index contributed by atoms with van der Waals surface area (Å²) >= 11 is 8.51. The van der Waals surface area contributed by atoms with Crippen LogP contribution < -0.4 is 9.47 Å². The van der Waals surface area contributed by atoms with Crippen LogP contribution in [0.3, 0.4) is 0 Å². The third-order valence-corrected chi connectivity index (χ3v) is 8.38. The molecule has 0 spiro atoms. The van der Waals surface area contributed by atoms with E-state index in [1.54, 1.807) is 4.90 Å². The highest BCUT2D eigenvalue weighted by Crippen LogP contribution is 2.40. The number of amides is 1. The first kappa shape index (κ1) is 29.2. The second-order valence-electron chi connectivity index (χ2n) is 9.40. The summed E-state index contributed by atoms with van der Waals surface area (Å²) in [6, 6.07) is 29.8. The molecule has 0 radical (unpaired) electrons. The van der Waals surface area contributed by atoms with Gasteiger partial charge in [-0.15, -0.1) is 0 Å². The summed E-state index contributed by atoms with van der Waals surface area (Å²) < 4.78 is 13.9. The van der Waals surface area contributed by atoms with Crippen LogP contribution in [0.5, 0.6) is 11.5 Å². The predicted molar refractivity (Wildman–Crippen MR) is 175 cm³/mol. The molecule has 1 fully saturated rings. The van der Waals surface area contributed by atoms with Gasteiger partial charge in [-0.05, 0) is 101 Å². The van der Waals surface area contributed by atoms with Crippen molar-refractivity contribution in [3.05, 3.63) is 127 Å². The lowest BCUT2D eigenvalue weighted by Crippen LogP contribution is -2.28. The van der Waals surface area contributed by atoms with Crippen LogP contribution in [-0.4, -0.2) is 22.6 Å². The third kappa shape index (κ3) is 7.50. The summed E-state index contributed by atoms with van der Waals surface area (Å²) in [5.74, 6) is 1.14. The number of hydrogen-bond acceptors (Lipinski definition) is 5. The molecular formula is C33H28Br2N2O3S. The molecule has 1 saturated heterocycles. The van der Waals surface area contributed by atoms with Gasteiger partial charge in [-0.1, -0.05) is 76.1 Å². The van der Waals surface area contributed by atoms with Gasteiger partial charge in [0.25, 0.3) is 5.91 Å². The summed E-state index contributed by atoms with van der Waals surface area (Å²) in [6.45, 7) is 5.29. The minimum Gasteiger partial charge on any atom is -0.490 e. The first-order valence-corrected chi connectivity index (χ1v) is 15.5. The van der Waals surface area contributed by atoms with Gasteiger partial charge in [0.15, 0.2) is 16.7 Å². The lowest BCUT2D eigenvalue weighted by Gasteiger charge is -2.16. The Morgan fingerprint density at radius 2 is 1.63 bits per heavy atom. The number of amidine groups is 1. The van der Waals surface area contributed by atoms with Crippen LogP contribution in [-0.2, 0) is 17.9 Å². The molecule has 0 unspecified atom stereocenters. The molecule has 4 aromatic carbocycles. The van der Waals surface area contributed by atoms with E-state index in [0.717, 1.165) is 36.9 Å². The molecule has 0 saturated carbocycles. The van der Waals surface area contributed by atoms with Gasteiger partial charge < -0.3 is 9.47 Å². The number of hydrogen-bond donors (Lipinski definition) is 0. The van der Waals surface area contributed by atoms with Gasteiger partial charge in [0, 0.05) is 4.47 Å². The van der Waals surface area contributed by atoms with Gasteiger partial charge >= 0.3 is 0 Å². The van der Waals surface area contributed by atoms with E-state index in [-0.39, 0.29) is 5.91 Å². The second kappa shape index (κ2) is 13.6. The highest BCUT2D eigenvalue weighted by molar-refractivity contribution is 9.10. The molecule has 1 aliphatic heterocycles. The summed E-state index contributed by atoms with van der Waals surface area (Å²) in [5.41, 5.74) is 4.86. The van der Waals surface area contributed by atoms with E-state index < -0.39 is 0 Å². The molecule has 1 heterocycles. The summed E-state index contributed by atoms with van der Waals surface area (Å²) in [6.07, 6.45) is 1.88. The number of ether oxygens (including phenoxy) is 2. The minimum absolute atomic E-state index is 0.0886. The number of carbonyl (C=O) groups is 1. The van der Waals surface area contributed by atoms with Gasteiger partial charge in [0.05, 0.1) is 28.2 Å². The summed E-state index contributed by atoms with van der Waals surface area (Å²) in [7, 11) is 0. The van der Waals surface area contributed by atoms with Crippen molar-refractivity contribution in [2.75, 3.05) is 6.61 Å². The van der Waals surface area contributed by atoms with Crippen LogP contribution >= 0.6 is 43.6 Å². The fourth-order valence-electron chi connectivity index (χ4n) is 4.19. The highest BCUT2D eigenvalue weighted by Gasteiger charge is 2.33. The lowest BCUT2D eigenvalue weighted by atomic mass is 10.1. The van der Waals surface area contributed by atoms with Crippen molar-refractivity contribution in [3.8, 4) is 11.5 Å². The quantitative estimate of drug-likeness (QED) is 0.164. The first-order valence-electron chi connectivity index (χ1n) is 13.1. The molecule has 0 atom stereocenters. The third-order valence-electron chi connectivity index (χ3n) is 6.26. The Kier molecular flexibility index (Phi) is 9.64. The first-order chi connectivity index (χ1) is 19.9. The van der Waals surface area contributed by atoms with Crippen molar-refractivity contribution >= 4 is 66.5 Å². The minimum atomic E-state index is -0.0886. The van der Waals surface area contributed by atoms with Gasteiger partial charge in [-0.3, -0.25) is 9.69 Å². The van der Waals surface area contributed by atoms with E-state index in [2.05, 4.69) is 31.9 Å². The number of carbonyl (C=O) groups excluding carboxylic acids is 1. The topological polar surface area (TPSA) is 51.1 Å². The van der Waals surface area contributed by atoms with E-state index in [1.165, 1.54) is 11.8 Å². The van der Waals surface area contributed by atoms with Gasteiger partial charge in [-0.25, -0.2) is 4.99 Å². The fourth-order valence-corrected chi connectivity index (χ4v) is 6.02. The molecule has 208 valence electrons. The van der Waals surface area contributed by atoms with Crippen LogP contribution in [0.1, 0.15) is 29.2 Å². The summed E-state index contributed by atoms with van der Waals surface area (Å²) in [4.78, 5) is 20.9. The number of benzene rings is 4. The Morgan fingerprint density at radius 3 is 2.34 bits per heavy atom. The Labute approximate surface area is 261 Å². The van der Waals surface area contributed by atoms with Crippen LogP contribution in [0.4, 0.5) is 5.69 Å². The lowest BCUT2D eigenvalue weighted by molar-refractivity contribution is -0.122. The van der Waals surface area contributed by atoms with Crippen molar-refractivity contribution < 1.29 is 14.3 Å². The molecule has 0 N–H and O–H groups in total. The molecule has 4 aromatic rings.